The molecule has 0 fully saturated rings. The second-order valence-corrected chi connectivity index (χ2v) is 7.77. The van der Waals surface area contributed by atoms with Crippen molar-refractivity contribution in [2.75, 3.05) is 19.0 Å². The second-order valence-electron chi connectivity index (χ2n) is 6.10. The van der Waals surface area contributed by atoms with E-state index in [1.54, 1.807) is 0 Å². The lowest BCUT2D eigenvalue weighted by Crippen LogP contribution is -2.18. The molecule has 0 N–H and O–H groups in total. The van der Waals surface area contributed by atoms with Gasteiger partial charge in [0.25, 0.3) is 0 Å². The van der Waals surface area contributed by atoms with Gasteiger partial charge in [0.2, 0.25) is 0 Å². The first-order valence-electron chi connectivity index (χ1n) is 7.62. The van der Waals surface area contributed by atoms with Crippen molar-refractivity contribution in [1.29, 1.82) is 0 Å². The maximum Gasteiger partial charge on any atom is 0.434 e. The Morgan fingerprint density at radius 1 is 0.966 bits per heavy atom. The van der Waals surface area contributed by atoms with E-state index in [2.05, 4.69) is 10.1 Å². The molecule has 3 aromatic rings. The number of halogens is 9. The first-order valence-corrected chi connectivity index (χ1v) is 9.13. The predicted molar refractivity (Wildman–Crippen MR) is 103 cm³/mol. The number of rotatable bonds is 3. The summed E-state index contributed by atoms with van der Waals surface area (Å²) in [4.78, 5) is 4.40. The summed E-state index contributed by atoms with van der Waals surface area (Å²) in [5, 5.41) is -0.466. The molecule has 0 saturated heterocycles. The quantitative estimate of drug-likeness (QED) is 0.230. The zero-order valence-corrected chi connectivity index (χ0v) is 17.4. The van der Waals surface area contributed by atoms with Crippen LogP contribution < -0.4 is 4.90 Å². The lowest BCUT2D eigenvalue weighted by molar-refractivity contribution is -0.140. The molecule has 29 heavy (non-hydrogen) atoms. The van der Waals surface area contributed by atoms with E-state index < -0.39 is 33.8 Å². The van der Waals surface area contributed by atoms with Gasteiger partial charge in [0.05, 0.1) is 31.7 Å². The molecule has 0 aliphatic carbocycles. The van der Waals surface area contributed by atoms with Crippen LogP contribution in [0.3, 0.4) is 0 Å². The van der Waals surface area contributed by atoms with Crippen molar-refractivity contribution in [3.05, 3.63) is 44.7 Å². The topological polar surface area (TPSA) is 34.0 Å². The molecule has 2 aromatic heterocycles. The highest BCUT2D eigenvalue weighted by atomic mass is 35.5. The summed E-state index contributed by atoms with van der Waals surface area (Å²) in [5.41, 5.74) is -3.06. The number of alkyl halides is 6. The third-order valence-electron chi connectivity index (χ3n) is 3.83. The van der Waals surface area contributed by atoms with E-state index in [1.165, 1.54) is 31.1 Å². The van der Waals surface area contributed by atoms with Crippen LogP contribution in [-0.2, 0) is 11.6 Å². The molecule has 1 aromatic carbocycles. The third-order valence-corrected chi connectivity index (χ3v) is 5.22. The molecular weight excluding hydrogens is 485 g/mol. The standard InChI is InChI=1S/C16H9Cl4F5N4/c1-28(2)14-11-9(5-10(15(20,21)22)26-13(11)16(23,24)25)27-29(14)6-3-7(17)12(19)8(18)4-6/h3-5H,1-2H3. The number of aromatic nitrogens is 3. The Balaban J connectivity index is 2.46. The van der Waals surface area contributed by atoms with Gasteiger partial charge in [0.15, 0.2) is 5.69 Å². The fourth-order valence-electron chi connectivity index (χ4n) is 2.70. The minimum absolute atomic E-state index is 0.0283. The number of hydrogen-bond acceptors (Lipinski definition) is 3. The van der Waals surface area contributed by atoms with Crippen LogP contribution in [0.2, 0.25) is 15.1 Å². The van der Waals surface area contributed by atoms with E-state index in [-0.39, 0.29) is 26.6 Å². The van der Waals surface area contributed by atoms with Crippen molar-refractivity contribution in [2.45, 2.75) is 11.6 Å². The predicted octanol–water partition coefficient (Wildman–Crippen LogP) is 6.75. The number of nitrogens with zero attached hydrogens (tertiary/aromatic N) is 4. The van der Waals surface area contributed by atoms with Gasteiger partial charge in [-0.25, -0.2) is 9.67 Å². The molecule has 0 aliphatic rings. The number of fused-ring (bicyclic) bond motifs is 1. The molecule has 0 saturated carbocycles. The van der Waals surface area contributed by atoms with Crippen LogP contribution in [0.4, 0.5) is 27.8 Å². The molecule has 0 unspecified atom stereocenters. The van der Waals surface area contributed by atoms with Gasteiger partial charge in [0.1, 0.15) is 11.5 Å². The van der Waals surface area contributed by atoms with Gasteiger partial charge < -0.3 is 4.90 Å². The molecule has 0 amide bonds. The van der Waals surface area contributed by atoms with Gasteiger partial charge in [-0.3, -0.25) is 0 Å². The summed E-state index contributed by atoms with van der Waals surface area (Å²) in [6.45, 7) is 0. The van der Waals surface area contributed by atoms with Crippen LogP contribution in [0.1, 0.15) is 11.4 Å². The number of hydrogen-bond donors (Lipinski definition) is 0. The van der Waals surface area contributed by atoms with Crippen LogP contribution in [-0.4, -0.2) is 28.9 Å². The van der Waals surface area contributed by atoms with Crippen LogP contribution >= 0.6 is 46.4 Å². The smallest absolute Gasteiger partial charge is 0.362 e. The van der Waals surface area contributed by atoms with Gasteiger partial charge in [0, 0.05) is 14.1 Å². The molecule has 0 aliphatic heterocycles. The average molecular weight is 494 g/mol. The fourth-order valence-corrected chi connectivity index (χ4v) is 3.38. The second kappa shape index (κ2) is 7.30. The Morgan fingerprint density at radius 3 is 1.97 bits per heavy atom. The highest BCUT2D eigenvalue weighted by Crippen LogP contribution is 2.43. The van der Waals surface area contributed by atoms with Crippen molar-refractivity contribution in [1.82, 2.24) is 14.8 Å². The lowest BCUT2D eigenvalue weighted by atomic mass is 10.2. The normalized spacial score (nSPS) is 12.7. The summed E-state index contributed by atoms with van der Waals surface area (Å²) in [7, 11) is 2.91. The molecule has 0 spiro atoms. The zero-order valence-electron chi connectivity index (χ0n) is 14.4. The van der Waals surface area contributed by atoms with Crippen LogP contribution in [0, 0.1) is 0 Å². The lowest BCUT2D eigenvalue weighted by Gasteiger charge is -2.18. The van der Waals surface area contributed by atoms with Gasteiger partial charge in [-0.05, 0) is 29.8 Å². The summed E-state index contributed by atoms with van der Waals surface area (Å²) in [6, 6.07) is 3.35. The van der Waals surface area contributed by atoms with E-state index in [4.69, 9.17) is 46.4 Å². The summed E-state index contributed by atoms with van der Waals surface area (Å²) in [5.74, 6) is -0.0845. The monoisotopic (exact) mass is 492 g/mol. The first kappa shape index (κ1) is 22.1. The van der Waals surface area contributed by atoms with Crippen molar-refractivity contribution >= 4 is 63.1 Å². The van der Waals surface area contributed by atoms with Crippen LogP contribution in [0.25, 0.3) is 16.6 Å². The Kier molecular flexibility index (Phi) is 5.57. The Labute approximate surface area is 180 Å². The van der Waals surface area contributed by atoms with Gasteiger partial charge in [-0.2, -0.15) is 27.1 Å². The Hall–Kier alpha value is -1.55. The minimum atomic E-state index is -5.05. The van der Waals surface area contributed by atoms with E-state index in [9.17, 15) is 22.0 Å². The molecule has 0 bridgehead atoms. The fraction of sp³-hybridized carbons (Fsp3) is 0.250. The third kappa shape index (κ3) is 4.05. The molecule has 0 radical (unpaired) electrons. The van der Waals surface area contributed by atoms with Crippen molar-refractivity contribution in [2.24, 2.45) is 0 Å². The van der Waals surface area contributed by atoms with Gasteiger partial charge in [-0.15, -0.1) is 0 Å². The van der Waals surface area contributed by atoms with E-state index in [1.807, 2.05) is 0 Å². The highest BCUT2D eigenvalue weighted by molar-refractivity contribution is 6.48. The van der Waals surface area contributed by atoms with E-state index in [0.717, 1.165) is 4.68 Å². The molecule has 156 valence electrons. The van der Waals surface area contributed by atoms with Crippen molar-refractivity contribution < 1.29 is 22.0 Å². The van der Waals surface area contributed by atoms with Crippen molar-refractivity contribution in [3.8, 4) is 5.69 Å². The highest BCUT2D eigenvalue weighted by Gasteiger charge is 2.41. The van der Waals surface area contributed by atoms with Crippen LogP contribution in [0.5, 0.6) is 0 Å². The maximum atomic E-state index is 13.7. The number of pyridine rings is 1. The average Bonchev–Trinajstić information content (AvgIpc) is 2.96. The number of benzene rings is 1. The van der Waals surface area contributed by atoms with Crippen molar-refractivity contribution in [3.63, 3.8) is 0 Å². The van der Waals surface area contributed by atoms with Crippen LogP contribution in [0.15, 0.2) is 18.2 Å². The summed E-state index contributed by atoms with van der Waals surface area (Å²) in [6.07, 6.45) is -5.05. The maximum absolute atomic E-state index is 13.7. The molecule has 3 rings (SSSR count). The summed E-state index contributed by atoms with van der Waals surface area (Å²) < 4.78 is 69.1. The summed E-state index contributed by atoms with van der Waals surface area (Å²) >= 11 is 22.8. The molecular formula is C16H9Cl4F5N4. The Bertz CT molecular complexity index is 1080. The molecule has 2 heterocycles. The molecule has 0 atom stereocenters. The molecule has 13 heteroatoms. The SMILES string of the molecule is CN(C)c1c2c(C(F)(F)F)nc(C(F)(F)Cl)cc2nn1-c1cc(Cl)c(Cl)c(Cl)c1. The molecule has 4 nitrogen and oxygen atoms in total. The number of anilines is 1. The largest absolute Gasteiger partial charge is 0.434 e. The minimum Gasteiger partial charge on any atom is -0.362 e. The zero-order chi connectivity index (χ0) is 21.9. The van der Waals surface area contributed by atoms with Gasteiger partial charge in [-0.1, -0.05) is 34.8 Å². The Morgan fingerprint density at radius 2 is 1.52 bits per heavy atom. The van der Waals surface area contributed by atoms with E-state index in [0.29, 0.717) is 6.07 Å². The first-order chi connectivity index (χ1) is 13.2. The van der Waals surface area contributed by atoms with Gasteiger partial charge >= 0.3 is 11.6 Å². The van der Waals surface area contributed by atoms with E-state index >= 15 is 0 Å².